The van der Waals surface area contributed by atoms with Crippen LogP contribution >= 0.6 is 0 Å². The molecule has 0 saturated heterocycles. The summed E-state index contributed by atoms with van der Waals surface area (Å²) in [6.07, 6.45) is 6.84. The SMILES string of the molecule is CCCC(C(NC)C(C)CC)C1CC1(C)CC. The van der Waals surface area contributed by atoms with Crippen molar-refractivity contribution in [1.82, 2.24) is 5.32 Å². The van der Waals surface area contributed by atoms with Crippen LogP contribution in [0.1, 0.15) is 66.7 Å². The van der Waals surface area contributed by atoms with E-state index in [0.717, 1.165) is 23.8 Å². The molecule has 1 fully saturated rings. The lowest BCUT2D eigenvalue weighted by molar-refractivity contribution is 0.214. The maximum Gasteiger partial charge on any atom is 0.0121 e. The topological polar surface area (TPSA) is 12.0 Å². The molecule has 0 heterocycles. The predicted molar refractivity (Wildman–Crippen MR) is 77.2 cm³/mol. The van der Waals surface area contributed by atoms with E-state index in [9.17, 15) is 0 Å². The molecule has 0 amide bonds. The van der Waals surface area contributed by atoms with Crippen LogP contribution in [0.25, 0.3) is 0 Å². The molecule has 1 N–H and O–H groups in total. The van der Waals surface area contributed by atoms with E-state index in [1.54, 1.807) is 0 Å². The molecule has 0 aliphatic heterocycles. The van der Waals surface area contributed by atoms with E-state index >= 15 is 0 Å². The third kappa shape index (κ3) is 3.24. The Hall–Kier alpha value is -0.0400. The average Bonchev–Trinajstić information content (AvgIpc) is 3.01. The van der Waals surface area contributed by atoms with Gasteiger partial charge in [0.25, 0.3) is 0 Å². The summed E-state index contributed by atoms with van der Waals surface area (Å²) in [5.41, 5.74) is 0.655. The molecule has 1 saturated carbocycles. The van der Waals surface area contributed by atoms with Crippen molar-refractivity contribution in [2.75, 3.05) is 7.05 Å². The first-order chi connectivity index (χ1) is 8.03. The minimum atomic E-state index is 0.655. The molecule has 0 aromatic heterocycles. The zero-order valence-corrected chi connectivity index (χ0v) is 12.8. The van der Waals surface area contributed by atoms with E-state index in [1.807, 2.05) is 0 Å². The van der Waals surface area contributed by atoms with E-state index in [4.69, 9.17) is 0 Å². The molecule has 102 valence electrons. The molecule has 0 radical (unpaired) electrons. The monoisotopic (exact) mass is 239 g/mol. The molecule has 0 aromatic rings. The maximum absolute atomic E-state index is 3.62. The van der Waals surface area contributed by atoms with Gasteiger partial charge in [-0.15, -0.1) is 0 Å². The standard InChI is InChI=1S/C16H33N/c1-7-10-13(14-11-16(14,5)9-3)15(17-6)12(4)8-2/h12-15,17H,7-11H2,1-6H3. The summed E-state index contributed by atoms with van der Waals surface area (Å²) in [5, 5.41) is 3.62. The molecule has 1 aliphatic rings. The highest BCUT2D eigenvalue weighted by Crippen LogP contribution is 2.60. The largest absolute Gasteiger partial charge is 0.316 e. The van der Waals surface area contributed by atoms with Crippen molar-refractivity contribution in [2.24, 2.45) is 23.2 Å². The quantitative estimate of drug-likeness (QED) is 0.659. The fraction of sp³-hybridized carbons (Fsp3) is 1.00. The zero-order chi connectivity index (χ0) is 13.1. The first-order valence-electron chi connectivity index (χ1n) is 7.71. The van der Waals surface area contributed by atoms with Crippen LogP contribution in [0.3, 0.4) is 0 Å². The second-order valence-electron chi connectivity index (χ2n) is 6.47. The van der Waals surface area contributed by atoms with Crippen molar-refractivity contribution in [3.8, 4) is 0 Å². The van der Waals surface area contributed by atoms with Crippen LogP contribution in [0.5, 0.6) is 0 Å². The molecule has 0 aromatic carbocycles. The fourth-order valence-corrected chi connectivity index (χ4v) is 3.66. The molecular formula is C16H33N. The Labute approximate surface area is 109 Å². The van der Waals surface area contributed by atoms with E-state index in [2.05, 4.69) is 47.0 Å². The summed E-state index contributed by atoms with van der Waals surface area (Å²) < 4.78 is 0. The van der Waals surface area contributed by atoms with Gasteiger partial charge < -0.3 is 5.32 Å². The molecule has 1 rings (SSSR count). The minimum Gasteiger partial charge on any atom is -0.316 e. The molecule has 0 bridgehead atoms. The lowest BCUT2D eigenvalue weighted by Gasteiger charge is -2.33. The third-order valence-corrected chi connectivity index (χ3v) is 5.42. The Morgan fingerprint density at radius 1 is 1.29 bits per heavy atom. The van der Waals surface area contributed by atoms with Crippen LogP contribution in [0, 0.1) is 23.2 Å². The number of hydrogen-bond donors (Lipinski definition) is 1. The molecule has 1 aliphatic carbocycles. The summed E-state index contributed by atoms with van der Waals surface area (Å²) in [6, 6.07) is 0.721. The van der Waals surface area contributed by atoms with Crippen molar-refractivity contribution < 1.29 is 0 Å². The highest BCUT2D eigenvalue weighted by atomic mass is 14.9. The highest BCUT2D eigenvalue weighted by molar-refractivity contribution is 5.04. The normalized spacial score (nSPS) is 33.2. The summed E-state index contributed by atoms with van der Waals surface area (Å²) in [7, 11) is 2.16. The molecule has 1 heteroatoms. The van der Waals surface area contributed by atoms with Gasteiger partial charge in [0.15, 0.2) is 0 Å². The second kappa shape index (κ2) is 6.22. The lowest BCUT2D eigenvalue weighted by atomic mass is 9.79. The second-order valence-corrected chi connectivity index (χ2v) is 6.47. The van der Waals surface area contributed by atoms with Gasteiger partial charge in [0.2, 0.25) is 0 Å². The maximum atomic E-state index is 3.62. The average molecular weight is 239 g/mol. The Balaban J connectivity index is 2.71. The first-order valence-corrected chi connectivity index (χ1v) is 7.71. The summed E-state index contributed by atoms with van der Waals surface area (Å²) in [4.78, 5) is 0. The van der Waals surface area contributed by atoms with Gasteiger partial charge in [-0.25, -0.2) is 0 Å². The lowest BCUT2D eigenvalue weighted by Crippen LogP contribution is -2.40. The van der Waals surface area contributed by atoms with Crippen LogP contribution < -0.4 is 5.32 Å². The van der Waals surface area contributed by atoms with Crippen LogP contribution in [0.15, 0.2) is 0 Å². The molecule has 17 heavy (non-hydrogen) atoms. The number of rotatable bonds is 8. The van der Waals surface area contributed by atoms with Crippen LogP contribution in [0.2, 0.25) is 0 Å². The van der Waals surface area contributed by atoms with E-state index in [-0.39, 0.29) is 0 Å². The fourth-order valence-electron chi connectivity index (χ4n) is 3.66. The summed E-state index contributed by atoms with van der Waals surface area (Å²) in [6.45, 7) is 11.9. The van der Waals surface area contributed by atoms with Crippen LogP contribution in [0.4, 0.5) is 0 Å². The Morgan fingerprint density at radius 3 is 2.29 bits per heavy atom. The van der Waals surface area contributed by atoms with Crippen LogP contribution in [-0.4, -0.2) is 13.1 Å². The van der Waals surface area contributed by atoms with Crippen molar-refractivity contribution >= 4 is 0 Å². The van der Waals surface area contributed by atoms with Gasteiger partial charge in [-0.3, -0.25) is 0 Å². The first kappa shape index (κ1) is 15.0. The van der Waals surface area contributed by atoms with Gasteiger partial charge in [0, 0.05) is 6.04 Å². The zero-order valence-electron chi connectivity index (χ0n) is 12.8. The van der Waals surface area contributed by atoms with Crippen molar-refractivity contribution in [3.05, 3.63) is 0 Å². The molecule has 0 spiro atoms. The number of nitrogens with one attached hydrogen (secondary N) is 1. The third-order valence-electron chi connectivity index (χ3n) is 5.42. The van der Waals surface area contributed by atoms with Crippen molar-refractivity contribution in [1.29, 1.82) is 0 Å². The van der Waals surface area contributed by atoms with Crippen molar-refractivity contribution in [2.45, 2.75) is 72.8 Å². The Kier molecular flexibility index (Phi) is 5.50. The molecular weight excluding hydrogens is 206 g/mol. The van der Waals surface area contributed by atoms with E-state index in [1.165, 1.54) is 32.1 Å². The Bertz CT molecular complexity index is 226. The number of hydrogen-bond acceptors (Lipinski definition) is 1. The van der Waals surface area contributed by atoms with Gasteiger partial charge in [-0.05, 0) is 43.1 Å². The Morgan fingerprint density at radius 2 is 1.94 bits per heavy atom. The predicted octanol–water partition coefficient (Wildman–Crippen LogP) is 4.47. The smallest absolute Gasteiger partial charge is 0.0121 e. The van der Waals surface area contributed by atoms with Gasteiger partial charge in [-0.2, -0.15) is 0 Å². The van der Waals surface area contributed by atoms with Gasteiger partial charge in [0.1, 0.15) is 0 Å². The molecule has 5 atom stereocenters. The summed E-state index contributed by atoms with van der Waals surface area (Å²) >= 11 is 0. The van der Waals surface area contributed by atoms with E-state index < -0.39 is 0 Å². The summed E-state index contributed by atoms with van der Waals surface area (Å²) in [5.74, 6) is 2.67. The van der Waals surface area contributed by atoms with Crippen LogP contribution in [-0.2, 0) is 0 Å². The highest BCUT2D eigenvalue weighted by Gasteiger charge is 2.53. The van der Waals surface area contributed by atoms with Gasteiger partial charge in [-0.1, -0.05) is 53.9 Å². The van der Waals surface area contributed by atoms with Gasteiger partial charge in [0.05, 0.1) is 0 Å². The van der Waals surface area contributed by atoms with Crippen molar-refractivity contribution in [3.63, 3.8) is 0 Å². The molecule has 1 nitrogen and oxygen atoms in total. The molecule has 5 unspecified atom stereocenters. The minimum absolute atomic E-state index is 0.655. The van der Waals surface area contributed by atoms with E-state index in [0.29, 0.717) is 5.41 Å². The van der Waals surface area contributed by atoms with Gasteiger partial charge >= 0.3 is 0 Å².